The summed E-state index contributed by atoms with van der Waals surface area (Å²) in [6.45, 7) is 0. The molecule has 0 aliphatic carbocycles. The molecule has 110 valence electrons. The number of aromatic amines is 1. The summed E-state index contributed by atoms with van der Waals surface area (Å²) in [5, 5.41) is 0.633. The van der Waals surface area contributed by atoms with E-state index in [4.69, 9.17) is 0 Å². The normalized spacial score (nSPS) is 10.6. The predicted molar refractivity (Wildman–Crippen MR) is 85.3 cm³/mol. The molecule has 2 heterocycles. The fourth-order valence-electron chi connectivity index (χ4n) is 2.15. The van der Waals surface area contributed by atoms with Crippen LogP contribution in [0.5, 0.6) is 0 Å². The smallest absolute Gasteiger partial charge is 0.248 e. The number of benzene rings is 1. The molecule has 0 saturated heterocycles. The Hall–Kier alpha value is -2.47. The van der Waals surface area contributed by atoms with Crippen LogP contribution in [-0.4, -0.2) is 21.2 Å². The van der Waals surface area contributed by atoms with Gasteiger partial charge in [-0.3, -0.25) is 4.79 Å². The van der Waals surface area contributed by atoms with Crippen molar-refractivity contribution in [2.75, 3.05) is 6.26 Å². The van der Waals surface area contributed by atoms with Crippen LogP contribution in [0.3, 0.4) is 0 Å². The molecule has 0 atom stereocenters. The van der Waals surface area contributed by atoms with Crippen LogP contribution in [0.15, 0.2) is 58.6 Å². The molecule has 0 unspecified atom stereocenters. The van der Waals surface area contributed by atoms with Crippen molar-refractivity contribution in [2.45, 2.75) is 5.16 Å². The van der Waals surface area contributed by atoms with Crippen LogP contribution in [0.1, 0.15) is 0 Å². The van der Waals surface area contributed by atoms with E-state index in [1.54, 1.807) is 30.5 Å². The number of nitrogens with one attached hydrogen (secondary N) is 1. The minimum absolute atomic E-state index is 0.248. The maximum Gasteiger partial charge on any atom is 0.248 e. The fourth-order valence-corrected chi connectivity index (χ4v) is 2.50. The molecule has 3 rings (SSSR count). The lowest BCUT2D eigenvalue weighted by Crippen LogP contribution is -2.06. The van der Waals surface area contributed by atoms with Crippen molar-refractivity contribution in [3.05, 3.63) is 64.8 Å². The number of pyridine rings is 1. The van der Waals surface area contributed by atoms with Gasteiger partial charge < -0.3 is 4.98 Å². The molecule has 0 radical (unpaired) electrons. The zero-order valence-corrected chi connectivity index (χ0v) is 12.5. The second kappa shape index (κ2) is 6.11. The van der Waals surface area contributed by atoms with Crippen LogP contribution in [0.4, 0.5) is 4.39 Å². The molecule has 0 spiro atoms. The summed E-state index contributed by atoms with van der Waals surface area (Å²) in [5.74, 6) is -0.361. The average molecular weight is 313 g/mol. The second-order valence-corrected chi connectivity index (χ2v) is 5.32. The van der Waals surface area contributed by atoms with Crippen molar-refractivity contribution < 1.29 is 4.39 Å². The van der Waals surface area contributed by atoms with Crippen molar-refractivity contribution in [3.8, 4) is 22.5 Å². The lowest BCUT2D eigenvalue weighted by atomic mass is 10.0. The number of nitrogens with zero attached hydrogens (tertiary/aromatic N) is 2. The molecule has 0 aliphatic heterocycles. The molecule has 0 amide bonds. The van der Waals surface area contributed by atoms with Crippen LogP contribution >= 0.6 is 11.8 Å². The van der Waals surface area contributed by atoms with Crippen molar-refractivity contribution in [2.24, 2.45) is 0 Å². The SMILES string of the molecule is CSc1nccc(-c2ccc(=O)[nH]c2-c2cccc(F)c2)n1. The van der Waals surface area contributed by atoms with E-state index in [9.17, 15) is 9.18 Å². The third kappa shape index (κ3) is 2.92. The number of aromatic nitrogens is 3. The number of hydrogen-bond acceptors (Lipinski definition) is 4. The molecule has 1 N–H and O–H groups in total. The van der Waals surface area contributed by atoms with E-state index in [-0.39, 0.29) is 11.4 Å². The van der Waals surface area contributed by atoms with Crippen molar-refractivity contribution in [1.82, 2.24) is 15.0 Å². The van der Waals surface area contributed by atoms with Gasteiger partial charge in [0.2, 0.25) is 5.56 Å². The van der Waals surface area contributed by atoms with Gasteiger partial charge in [-0.05, 0) is 30.5 Å². The molecular formula is C16H12FN3OS. The molecule has 0 bridgehead atoms. The van der Waals surface area contributed by atoms with E-state index in [1.165, 1.54) is 30.0 Å². The van der Waals surface area contributed by atoms with Gasteiger partial charge in [0.25, 0.3) is 0 Å². The number of rotatable bonds is 3. The monoisotopic (exact) mass is 313 g/mol. The van der Waals surface area contributed by atoms with Crippen molar-refractivity contribution >= 4 is 11.8 Å². The number of thioether (sulfide) groups is 1. The van der Waals surface area contributed by atoms with Gasteiger partial charge in [0.05, 0.1) is 11.4 Å². The van der Waals surface area contributed by atoms with Gasteiger partial charge in [0, 0.05) is 23.4 Å². The summed E-state index contributed by atoms with van der Waals surface area (Å²) in [4.78, 5) is 23.0. The molecule has 0 saturated carbocycles. The maximum atomic E-state index is 13.5. The van der Waals surface area contributed by atoms with Gasteiger partial charge in [0.15, 0.2) is 5.16 Å². The van der Waals surface area contributed by atoms with Gasteiger partial charge >= 0.3 is 0 Å². The van der Waals surface area contributed by atoms with Crippen LogP contribution in [0.25, 0.3) is 22.5 Å². The lowest BCUT2D eigenvalue weighted by molar-refractivity contribution is 0.628. The minimum Gasteiger partial charge on any atom is -0.321 e. The van der Waals surface area contributed by atoms with Gasteiger partial charge in [-0.1, -0.05) is 23.9 Å². The van der Waals surface area contributed by atoms with Gasteiger partial charge in [-0.2, -0.15) is 0 Å². The third-order valence-corrected chi connectivity index (χ3v) is 3.69. The zero-order valence-electron chi connectivity index (χ0n) is 11.7. The Morgan fingerprint density at radius 3 is 2.82 bits per heavy atom. The van der Waals surface area contributed by atoms with Gasteiger partial charge in [0.1, 0.15) is 5.82 Å². The predicted octanol–water partition coefficient (Wildman–Crippen LogP) is 3.36. The Morgan fingerprint density at radius 2 is 2.05 bits per heavy atom. The molecule has 0 aliphatic rings. The highest BCUT2D eigenvalue weighted by atomic mass is 32.2. The zero-order chi connectivity index (χ0) is 15.5. The molecule has 1 aromatic carbocycles. The summed E-state index contributed by atoms with van der Waals surface area (Å²) >= 11 is 1.43. The van der Waals surface area contributed by atoms with E-state index >= 15 is 0 Å². The van der Waals surface area contributed by atoms with E-state index < -0.39 is 0 Å². The highest BCUT2D eigenvalue weighted by molar-refractivity contribution is 7.98. The number of halogens is 1. The molecular weight excluding hydrogens is 301 g/mol. The van der Waals surface area contributed by atoms with Gasteiger partial charge in [-0.15, -0.1) is 0 Å². The molecule has 22 heavy (non-hydrogen) atoms. The van der Waals surface area contributed by atoms with E-state index in [1.807, 2.05) is 6.26 Å². The first-order valence-corrected chi connectivity index (χ1v) is 7.76. The second-order valence-electron chi connectivity index (χ2n) is 4.55. The topological polar surface area (TPSA) is 58.6 Å². The van der Waals surface area contributed by atoms with E-state index in [0.29, 0.717) is 22.1 Å². The first-order chi connectivity index (χ1) is 10.7. The first kappa shape index (κ1) is 14.5. The van der Waals surface area contributed by atoms with Crippen LogP contribution in [-0.2, 0) is 0 Å². The molecule has 6 heteroatoms. The van der Waals surface area contributed by atoms with E-state index in [2.05, 4.69) is 15.0 Å². The largest absolute Gasteiger partial charge is 0.321 e. The quantitative estimate of drug-likeness (QED) is 0.595. The Morgan fingerprint density at radius 1 is 1.18 bits per heavy atom. The summed E-state index contributed by atoms with van der Waals surface area (Å²) in [7, 11) is 0. The Bertz CT molecular complexity index is 879. The average Bonchev–Trinajstić information content (AvgIpc) is 2.55. The maximum absolute atomic E-state index is 13.5. The van der Waals surface area contributed by atoms with Crippen LogP contribution in [0, 0.1) is 5.82 Å². The lowest BCUT2D eigenvalue weighted by Gasteiger charge is -2.09. The number of H-pyrrole nitrogens is 1. The molecule has 0 fully saturated rings. The number of hydrogen-bond donors (Lipinski definition) is 1. The summed E-state index contributed by atoms with van der Waals surface area (Å²) in [6, 6.07) is 11.0. The Kier molecular flexibility index (Phi) is 4.02. The van der Waals surface area contributed by atoms with E-state index in [0.717, 1.165) is 5.56 Å². The van der Waals surface area contributed by atoms with Gasteiger partial charge in [-0.25, -0.2) is 14.4 Å². The van der Waals surface area contributed by atoms with Crippen LogP contribution < -0.4 is 5.56 Å². The highest BCUT2D eigenvalue weighted by Crippen LogP contribution is 2.29. The molecule has 4 nitrogen and oxygen atoms in total. The van der Waals surface area contributed by atoms with Crippen molar-refractivity contribution in [3.63, 3.8) is 0 Å². The summed E-state index contributed by atoms with van der Waals surface area (Å²) < 4.78 is 13.5. The molecule has 3 aromatic rings. The fraction of sp³-hybridized carbons (Fsp3) is 0.0625. The Balaban J connectivity index is 2.22. The third-order valence-electron chi connectivity index (χ3n) is 3.12. The summed E-state index contributed by atoms with van der Waals surface area (Å²) in [5.41, 5.74) is 2.29. The summed E-state index contributed by atoms with van der Waals surface area (Å²) in [6.07, 6.45) is 3.55. The van der Waals surface area contributed by atoms with Crippen molar-refractivity contribution in [1.29, 1.82) is 0 Å². The highest BCUT2D eigenvalue weighted by Gasteiger charge is 2.11. The van der Waals surface area contributed by atoms with Crippen LogP contribution in [0.2, 0.25) is 0 Å². The Labute approximate surface area is 130 Å². The first-order valence-electron chi connectivity index (χ1n) is 6.54. The molecule has 2 aromatic heterocycles. The minimum atomic E-state index is -0.361. The standard InChI is InChI=1S/C16H12FN3OS/c1-22-16-18-8-7-13(19-16)12-5-6-14(21)20-15(12)10-3-2-4-11(17)9-10/h2-9H,1H3,(H,20,21).